The zero-order valence-electron chi connectivity index (χ0n) is 12.5. The molecule has 0 amide bonds. The maximum Gasteiger partial charge on any atom is 0.335 e. The summed E-state index contributed by atoms with van der Waals surface area (Å²) in [7, 11) is 2.18. The van der Waals surface area contributed by atoms with Crippen LogP contribution in [0.1, 0.15) is 48.5 Å². The molecule has 0 heterocycles. The van der Waals surface area contributed by atoms with Gasteiger partial charge in [-0.1, -0.05) is 38.0 Å². The van der Waals surface area contributed by atoms with Crippen molar-refractivity contribution in [3.8, 4) is 0 Å². The molecular weight excluding hydrogens is 250 g/mol. The molecule has 2 atom stereocenters. The van der Waals surface area contributed by atoms with Gasteiger partial charge in [0.05, 0.1) is 5.56 Å². The van der Waals surface area contributed by atoms with Crippen molar-refractivity contribution >= 4 is 5.97 Å². The number of aromatic carboxylic acids is 1. The van der Waals surface area contributed by atoms with Crippen LogP contribution >= 0.6 is 0 Å². The van der Waals surface area contributed by atoms with Crippen LogP contribution in [0.3, 0.4) is 0 Å². The van der Waals surface area contributed by atoms with Crippen molar-refractivity contribution in [1.29, 1.82) is 0 Å². The highest BCUT2D eigenvalue weighted by atomic mass is 16.4. The number of carboxylic acids is 1. The summed E-state index contributed by atoms with van der Waals surface area (Å²) >= 11 is 0. The van der Waals surface area contributed by atoms with Crippen molar-refractivity contribution in [2.45, 2.75) is 45.1 Å². The monoisotopic (exact) mass is 275 g/mol. The highest BCUT2D eigenvalue weighted by Crippen LogP contribution is 2.27. The smallest absolute Gasteiger partial charge is 0.335 e. The molecule has 0 aliphatic heterocycles. The third-order valence-corrected chi connectivity index (χ3v) is 4.61. The molecule has 3 nitrogen and oxygen atoms in total. The summed E-state index contributed by atoms with van der Waals surface area (Å²) in [5.74, 6) is -0.0715. The minimum atomic E-state index is -0.825. The quantitative estimate of drug-likeness (QED) is 0.895. The summed E-state index contributed by atoms with van der Waals surface area (Å²) in [5, 5.41) is 9.21. The molecule has 1 aliphatic rings. The van der Waals surface area contributed by atoms with Crippen LogP contribution < -0.4 is 0 Å². The van der Waals surface area contributed by atoms with Crippen molar-refractivity contribution < 1.29 is 9.90 Å². The lowest BCUT2D eigenvalue weighted by atomic mass is 9.85. The van der Waals surface area contributed by atoms with Crippen LogP contribution in [0.2, 0.25) is 0 Å². The van der Waals surface area contributed by atoms with E-state index < -0.39 is 5.97 Å². The van der Waals surface area contributed by atoms with Crippen molar-refractivity contribution in [3.05, 3.63) is 35.4 Å². The fourth-order valence-electron chi connectivity index (χ4n) is 3.36. The summed E-state index contributed by atoms with van der Waals surface area (Å²) in [4.78, 5) is 13.6. The zero-order chi connectivity index (χ0) is 14.5. The Bertz CT molecular complexity index is 458. The lowest BCUT2D eigenvalue weighted by Gasteiger charge is -2.36. The van der Waals surface area contributed by atoms with Gasteiger partial charge in [0.25, 0.3) is 0 Å². The van der Waals surface area contributed by atoms with E-state index in [0.29, 0.717) is 11.6 Å². The predicted octanol–water partition coefficient (Wildman–Crippen LogP) is 3.44. The second kappa shape index (κ2) is 6.89. The molecule has 0 saturated heterocycles. The SMILES string of the molecule is CC1CCCCC1N(C)CCc1ccccc1C(=O)O. The summed E-state index contributed by atoms with van der Waals surface area (Å²) < 4.78 is 0. The van der Waals surface area contributed by atoms with Crippen LogP contribution in [0, 0.1) is 5.92 Å². The van der Waals surface area contributed by atoms with E-state index in [9.17, 15) is 9.90 Å². The lowest BCUT2D eigenvalue weighted by Crippen LogP contribution is -2.40. The molecule has 2 unspecified atom stereocenters. The van der Waals surface area contributed by atoms with Crippen LogP contribution in [0.5, 0.6) is 0 Å². The molecule has 1 aromatic rings. The number of carboxylic acid groups (broad SMARTS) is 1. The third kappa shape index (κ3) is 3.60. The Balaban J connectivity index is 1.96. The first-order valence-electron chi connectivity index (χ1n) is 7.61. The van der Waals surface area contributed by atoms with Gasteiger partial charge in [0.1, 0.15) is 0 Å². The van der Waals surface area contributed by atoms with Crippen molar-refractivity contribution in [1.82, 2.24) is 4.90 Å². The molecule has 0 aromatic heterocycles. The number of carbonyl (C=O) groups is 1. The molecule has 1 fully saturated rings. The highest BCUT2D eigenvalue weighted by molar-refractivity contribution is 5.89. The van der Waals surface area contributed by atoms with Gasteiger partial charge in [0, 0.05) is 12.6 Å². The second-order valence-corrected chi connectivity index (χ2v) is 6.02. The summed E-state index contributed by atoms with van der Waals surface area (Å²) in [6, 6.07) is 7.99. The van der Waals surface area contributed by atoms with E-state index in [1.165, 1.54) is 25.7 Å². The van der Waals surface area contributed by atoms with E-state index in [0.717, 1.165) is 24.4 Å². The largest absolute Gasteiger partial charge is 0.478 e. The Kier molecular flexibility index (Phi) is 5.18. The van der Waals surface area contributed by atoms with E-state index in [2.05, 4.69) is 18.9 Å². The highest BCUT2D eigenvalue weighted by Gasteiger charge is 2.24. The normalized spacial score (nSPS) is 22.9. The van der Waals surface area contributed by atoms with Gasteiger partial charge in [0.15, 0.2) is 0 Å². The van der Waals surface area contributed by atoms with Crippen molar-refractivity contribution in [3.63, 3.8) is 0 Å². The van der Waals surface area contributed by atoms with Gasteiger partial charge in [-0.3, -0.25) is 0 Å². The number of likely N-dealkylation sites (N-methyl/N-ethyl adjacent to an activating group) is 1. The molecule has 2 rings (SSSR count). The Morgan fingerprint density at radius 2 is 2.00 bits per heavy atom. The van der Waals surface area contributed by atoms with Crippen LogP contribution in [0.4, 0.5) is 0 Å². The van der Waals surface area contributed by atoms with Crippen molar-refractivity contribution in [2.75, 3.05) is 13.6 Å². The molecule has 0 spiro atoms. The number of benzene rings is 1. The van der Waals surface area contributed by atoms with Gasteiger partial charge in [-0.15, -0.1) is 0 Å². The Labute approximate surface area is 121 Å². The van der Waals surface area contributed by atoms with Crippen LogP contribution in [0.25, 0.3) is 0 Å². The standard InChI is InChI=1S/C17H25NO2/c1-13-7-3-6-10-16(13)18(2)12-11-14-8-4-5-9-15(14)17(19)20/h4-5,8-9,13,16H,3,6-7,10-12H2,1-2H3,(H,19,20). The van der Waals surface area contributed by atoms with E-state index in [1.54, 1.807) is 12.1 Å². The minimum Gasteiger partial charge on any atom is -0.478 e. The molecule has 0 bridgehead atoms. The number of hydrogen-bond donors (Lipinski definition) is 1. The van der Waals surface area contributed by atoms with Gasteiger partial charge in [-0.25, -0.2) is 4.79 Å². The molecule has 110 valence electrons. The third-order valence-electron chi connectivity index (χ3n) is 4.61. The fourth-order valence-corrected chi connectivity index (χ4v) is 3.36. The fraction of sp³-hybridized carbons (Fsp3) is 0.588. The summed E-state index contributed by atoms with van der Waals surface area (Å²) in [5.41, 5.74) is 1.38. The van der Waals surface area contributed by atoms with Crippen LogP contribution in [-0.4, -0.2) is 35.6 Å². The molecule has 1 N–H and O–H groups in total. The molecular formula is C17H25NO2. The van der Waals surface area contributed by atoms with Gasteiger partial charge in [-0.2, -0.15) is 0 Å². The summed E-state index contributed by atoms with van der Waals surface area (Å²) in [6.45, 7) is 3.27. The first-order chi connectivity index (χ1) is 9.59. The Morgan fingerprint density at radius 3 is 2.70 bits per heavy atom. The van der Waals surface area contributed by atoms with Gasteiger partial charge >= 0.3 is 5.97 Å². The Hall–Kier alpha value is -1.35. The molecule has 0 radical (unpaired) electrons. The van der Waals surface area contributed by atoms with Gasteiger partial charge in [-0.05, 0) is 43.9 Å². The maximum atomic E-state index is 11.2. The van der Waals surface area contributed by atoms with Crippen molar-refractivity contribution in [2.24, 2.45) is 5.92 Å². The average molecular weight is 275 g/mol. The first-order valence-corrected chi connectivity index (χ1v) is 7.61. The number of rotatable bonds is 5. The van der Waals surface area contributed by atoms with E-state index in [-0.39, 0.29) is 0 Å². The van der Waals surface area contributed by atoms with Gasteiger partial charge in [0.2, 0.25) is 0 Å². The average Bonchev–Trinajstić information content (AvgIpc) is 2.45. The molecule has 1 saturated carbocycles. The molecule has 3 heteroatoms. The van der Waals surface area contributed by atoms with E-state index >= 15 is 0 Å². The van der Waals surface area contributed by atoms with E-state index in [4.69, 9.17) is 0 Å². The summed E-state index contributed by atoms with van der Waals surface area (Å²) in [6.07, 6.45) is 6.08. The van der Waals surface area contributed by atoms with E-state index in [1.807, 2.05) is 12.1 Å². The second-order valence-electron chi connectivity index (χ2n) is 6.02. The minimum absolute atomic E-state index is 0.442. The first kappa shape index (κ1) is 15.0. The molecule has 1 aromatic carbocycles. The Morgan fingerprint density at radius 1 is 1.30 bits per heavy atom. The topological polar surface area (TPSA) is 40.5 Å². The molecule has 1 aliphatic carbocycles. The van der Waals surface area contributed by atoms with Crippen LogP contribution in [0.15, 0.2) is 24.3 Å². The van der Waals surface area contributed by atoms with Crippen LogP contribution in [-0.2, 0) is 6.42 Å². The predicted molar refractivity (Wildman–Crippen MR) is 81.2 cm³/mol. The van der Waals surface area contributed by atoms with Gasteiger partial charge < -0.3 is 10.0 Å². The lowest BCUT2D eigenvalue weighted by molar-refractivity contribution is 0.0695. The number of hydrogen-bond acceptors (Lipinski definition) is 2. The number of nitrogens with zero attached hydrogens (tertiary/aromatic N) is 1. The maximum absolute atomic E-state index is 11.2. The molecule has 20 heavy (non-hydrogen) atoms. The zero-order valence-corrected chi connectivity index (χ0v) is 12.5.